The molecule has 0 aromatic carbocycles. The van der Waals surface area contributed by atoms with E-state index in [9.17, 15) is 35.1 Å². The highest BCUT2D eigenvalue weighted by Gasteiger charge is 2.47. The van der Waals surface area contributed by atoms with Gasteiger partial charge in [0.1, 0.15) is 24.4 Å². The molecule has 0 spiro atoms. The smallest absolute Gasteiger partial charge is 0.306 e. The van der Waals surface area contributed by atoms with Gasteiger partial charge in [-0.25, -0.2) is 0 Å². The molecular weight excluding hydrogens is 1100 g/mol. The van der Waals surface area contributed by atoms with Crippen molar-refractivity contribution < 1.29 is 49.3 Å². The molecule has 0 radical (unpaired) electrons. The van der Waals surface area contributed by atoms with Crippen LogP contribution in [0.2, 0.25) is 0 Å². The normalized spacial score (nSPS) is 19.0. The van der Waals surface area contributed by atoms with E-state index in [4.69, 9.17) is 14.2 Å². The van der Waals surface area contributed by atoms with Gasteiger partial charge in [0.05, 0.1) is 25.4 Å². The molecule has 1 aliphatic heterocycles. The molecule has 0 aromatic heterocycles. The molecule has 88 heavy (non-hydrogen) atoms. The van der Waals surface area contributed by atoms with Gasteiger partial charge in [0.2, 0.25) is 5.91 Å². The number of hydrogen-bond acceptors (Lipinski definition) is 10. The first-order valence-electron chi connectivity index (χ1n) is 35.5. The summed E-state index contributed by atoms with van der Waals surface area (Å²) < 4.78 is 17.7. The van der Waals surface area contributed by atoms with Gasteiger partial charge in [0.25, 0.3) is 0 Å². The monoisotopic (exact) mass is 1230 g/mol. The van der Waals surface area contributed by atoms with Gasteiger partial charge < -0.3 is 45.1 Å². The predicted octanol–water partition coefficient (Wildman–Crippen LogP) is 18.3. The Morgan fingerprint density at radius 2 is 0.818 bits per heavy atom. The summed E-state index contributed by atoms with van der Waals surface area (Å²) in [5, 5.41) is 57.3. The summed E-state index contributed by atoms with van der Waals surface area (Å²) in [5.41, 5.74) is 0. The topological polar surface area (TPSA) is 175 Å². The van der Waals surface area contributed by atoms with Gasteiger partial charge in [-0.2, -0.15) is 0 Å². The first-order valence-corrected chi connectivity index (χ1v) is 35.5. The molecule has 0 aromatic rings. The maximum Gasteiger partial charge on any atom is 0.306 e. The number of esters is 1. The lowest BCUT2D eigenvalue weighted by molar-refractivity contribution is -0.305. The van der Waals surface area contributed by atoms with Gasteiger partial charge in [-0.15, -0.1) is 0 Å². The van der Waals surface area contributed by atoms with Crippen molar-refractivity contribution in [3.63, 3.8) is 0 Å². The Labute approximate surface area is 537 Å². The number of carbonyl (C=O) groups excluding carboxylic acids is 2. The zero-order valence-corrected chi connectivity index (χ0v) is 55.8. The Balaban J connectivity index is 2.60. The third kappa shape index (κ3) is 49.6. The van der Waals surface area contributed by atoms with E-state index in [0.29, 0.717) is 12.8 Å². The summed E-state index contributed by atoms with van der Waals surface area (Å²) in [6.07, 6.45) is 79.1. The lowest BCUT2D eigenvalue weighted by atomic mass is 9.99. The number of allylic oxidation sites excluding steroid dienone is 21. The number of aliphatic hydroxyl groups excluding tert-OH is 5. The van der Waals surface area contributed by atoms with Crippen LogP contribution in [-0.2, 0) is 23.8 Å². The van der Waals surface area contributed by atoms with Gasteiger partial charge in [0.15, 0.2) is 12.4 Å². The molecule has 1 amide bonds. The third-order valence-corrected chi connectivity index (χ3v) is 15.8. The quantitative estimate of drug-likeness (QED) is 0.0195. The van der Waals surface area contributed by atoms with Gasteiger partial charge in [0, 0.05) is 6.42 Å². The van der Waals surface area contributed by atoms with Crippen LogP contribution < -0.4 is 5.32 Å². The summed E-state index contributed by atoms with van der Waals surface area (Å²) >= 11 is 0. The molecule has 8 unspecified atom stereocenters. The first-order chi connectivity index (χ1) is 43.2. The zero-order chi connectivity index (χ0) is 63.9. The summed E-state index contributed by atoms with van der Waals surface area (Å²) in [5.74, 6) is -1.22. The average Bonchev–Trinajstić information content (AvgIpc) is 3.72. The molecular formula is C77H129NO10. The van der Waals surface area contributed by atoms with Crippen molar-refractivity contribution in [2.75, 3.05) is 13.2 Å². The van der Waals surface area contributed by atoms with Crippen LogP contribution in [0.4, 0.5) is 0 Å². The average molecular weight is 1230 g/mol. The molecule has 1 heterocycles. The van der Waals surface area contributed by atoms with Crippen LogP contribution in [-0.4, -0.2) is 99.6 Å². The maximum absolute atomic E-state index is 13.5. The fraction of sp³-hybridized carbons (Fsp3) is 0.688. The van der Waals surface area contributed by atoms with Crippen LogP contribution >= 0.6 is 0 Å². The fourth-order valence-corrected chi connectivity index (χ4v) is 10.3. The number of hydrogen-bond donors (Lipinski definition) is 6. The standard InChI is InChI=1S/C77H129NO10/c1-4-7-10-13-16-19-22-25-27-29-31-33-35-37-38-40-42-44-46-49-52-55-58-61-64-70(81)76(85)78-68(69(80)63-60-57-54-51-48-24-21-18-15-12-9-6-3)67-86-77-75(74(84)73(83)71(66-79)87-77)88-72(82)65-62-59-56-53-50-47-45-43-41-39-36-34-32-30-28-26-23-20-17-14-11-8-5-2/h7-8,10-11,16-17,19-20,25-28,31-34,37-39,41,60,63,68-71,73-75,77,79-81,83-84H,4-6,9,12-15,18,21-24,29-30,35-36,40,42-59,61-62,64-67H2,1-3H3,(H,78,85)/b10-7-,11-8-,19-16-,20-17-,27-25-,28-26-,33-31-,34-32-,38-37-,41-39-,63-60+. The van der Waals surface area contributed by atoms with Crippen LogP contribution in [0.5, 0.6) is 0 Å². The first kappa shape index (κ1) is 81.8. The van der Waals surface area contributed by atoms with Crippen molar-refractivity contribution in [2.24, 2.45) is 0 Å². The van der Waals surface area contributed by atoms with Gasteiger partial charge in [-0.1, -0.05) is 289 Å². The van der Waals surface area contributed by atoms with Crippen LogP contribution in [0.15, 0.2) is 134 Å². The van der Waals surface area contributed by atoms with Crippen molar-refractivity contribution in [3.05, 3.63) is 134 Å². The van der Waals surface area contributed by atoms with E-state index >= 15 is 0 Å². The summed E-state index contributed by atoms with van der Waals surface area (Å²) in [7, 11) is 0. The number of carbonyl (C=O) groups is 2. The summed E-state index contributed by atoms with van der Waals surface area (Å²) in [4.78, 5) is 26.7. The molecule has 1 fully saturated rings. The second kappa shape index (κ2) is 63.0. The number of aliphatic hydroxyl groups is 5. The molecule has 11 nitrogen and oxygen atoms in total. The lowest BCUT2D eigenvalue weighted by Crippen LogP contribution is -2.61. The fourth-order valence-electron chi connectivity index (χ4n) is 10.3. The molecule has 11 heteroatoms. The molecule has 1 aliphatic rings. The largest absolute Gasteiger partial charge is 0.454 e. The Hall–Kier alpha value is -4.20. The number of rotatable bonds is 59. The predicted molar refractivity (Wildman–Crippen MR) is 370 cm³/mol. The van der Waals surface area contributed by atoms with Crippen LogP contribution in [0.25, 0.3) is 0 Å². The van der Waals surface area contributed by atoms with Crippen LogP contribution in [0, 0.1) is 0 Å². The molecule has 0 aliphatic carbocycles. The van der Waals surface area contributed by atoms with E-state index in [1.165, 1.54) is 64.2 Å². The maximum atomic E-state index is 13.5. The van der Waals surface area contributed by atoms with E-state index in [0.717, 1.165) is 167 Å². The summed E-state index contributed by atoms with van der Waals surface area (Å²) in [6, 6.07) is -1.04. The minimum Gasteiger partial charge on any atom is -0.454 e. The highest BCUT2D eigenvalue weighted by atomic mass is 16.7. The van der Waals surface area contributed by atoms with Crippen molar-refractivity contribution in [1.82, 2.24) is 5.32 Å². The molecule has 6 N–H and O–H groups in total. The Morgan fingerprint density at radius 1 is 0.455 bits per heavy atom. The number of amides is 1. The van der Waals surface area contributed by atoms with E-state index < -0.39 is 67.4 Å². The van der Waals surface area contributed by atoms with Gasteiger partial charge in [-0.05, 0) is 116 Å². The van der Waals surface area contributed by atoms with Crippen molar-refractivity contribution in [2.45, 2.75) is 327 Å². The van der Waals surface area contributed by atoms with Crippen molar-refractivity contribution in [3.8, 4) is 0 Å². The molecule has 1 saturated heterocycles. The highest BCUT2D eigenvalue weighted by molar-refractivity contribution is 5.80. The minimum atomic E-state index is -1.63. The Bertz CT molecular complexity index is 1950. The van der Waals surface area contributed by atoms with Crippen molar-refractivity contribution in [1.29, 1.82) is 0 Å². The number of nitrogens with one attached hydrogen (secondary N) is 1. The Kier molecular flexibility index (Phi) is 58.5. The third-order valence-electron chi connectivity index (χ3n) is 15.8. The SMILES string of the molecule is CC/C=C\C/C=C\C/C=C\C/C=C\C/C=C\CCCCCCCCCCC(O)C(=O)NC(COC1OC(CO)C(O)C(O)C1OC(=O)CCCCCCCCC/C=C\C/C=C\C/C=C\C/C=C\C/C=C\CC)C(O)/C=C/CCCCCCCCCCCC. The van der Waals surface area contributed by atoms with E-state index in [-0.39, 0.29) is 19.4 Å². The molecule has 0 saturated carbocycles. The number of unbranched alkanes of at least 4 members (excludes halogenated alkanes) is 25. The molecule has 0 bridgehead atoms. The lowest BCUT2D eigenvalue weighted by Gasteiger charge is -2.41. The minimum absolute atomic E-state index is 0.103. The molecule has 502 valence electrons. The van der Waals surface area contributed by atoms with Crippen LogP contribution in [0.3, 0.4) is 0 Å². The van der Waals surface area contributed by atoms with Crippen molar-refractivity contribution >= 4 is 11.9 Å². The summed E-state index contributed by atoms with van der Waals surface area (Å²) in [6.45, 7) is 5.56. The second-order valence-corrected chi connectivity index (χ2v) is 23.9. The van der Waals surface area contributed by atoms with E-state index in [2.05, 4.69) is 148 Å². The van der Waals surface area contributed by atoms with Gasteiger partial charge in [-0.3, -0.25) is 9.59 Å². The van der Waals surface area contributed by atoms with Gasteiger partial charge >= 0.3 is 5.97 Å². The highest BCUT2D eigenvalue weighted by Crippen LogP contribution is 2.26. The van der Waals surface area contributed by atoms with E-state index in [1.807, 2.05) is 6.08 Å². The zero-order valence-electron chi connectivity index (χ0n) is 55.8. The second-order valence-electron chi connectivity index (χ2n) is 23.9. The number of ether oxygens (including phenoxy) is 3. The van der Waals surface area contributed by atoms with Crippen LogP contribution in [0.1, 0.15) is 278 Å². The molecule has 8 atom stereocenters. The Morgan fingerprint density at radius 3 is 1.23 bits per heavy atom. The van der Waals surface area contributed by atoms with E-state index in [1.54, 1.807) is 6.08 Å². The molecule has 1 rings (SSSR count).